The van der Waals surface area contributed by atoms with Crippen LogP contribution in [0.2, 0.25) is 0 Å². The van der Waals surface area contributed by atoms with Crippen molar-refractivity contribution in [3.05, 3.63) is 29.3 Å². The van der Waals surface area contributed by atoms with Crippen LogP contribution in [-0.2, 0) is 5.41 Å². The Labute approximate surface area is 129 Å². The average Bonchev–Trinajstić information content (AvgIpc) is 3.07. The summed E-state index contributed by atoms with van der Waals surface area (Å²) in [5, 5.41) is 3.71. The third kappa shape index (κ3) is 3.42. The summed E-state index contributed by atoms with van der Waals surface area (Å²) in [5.41, 5.74) is 3.33. The molecule has 1 unspecified atom stereocenters. The van der Waals surface area contributed by atoms with Crippen LogP contribution in [0.4, 0.5) is 0 Å². The Morgan fingerprint density at radius 1 is 1.14 bits per heavy atom. The smallest absolute Gasteiger partial charge is 0.124 e. The lowest BCUT2D eigenvalue weighted by Gasteiger charge is -2.33. The lowest BCUT2D eigenvalue weighted by molar-refractivity contribution is 0.284. The first-order valence-electron chi connectivity index (χ1n) is 8.28. The van der Waals surface area contributed by atoms with E-state index in [-0.39, 0.29) is 5.41 Å². The standard InChI is InChI=1S/C19H29NO/c1-18(2,3)12-19(4,5)13-6-9-17-15(10-13)16(11-21-17)20-14-7-8-14/h6,9-10,14,16,20H,7-8,11-12H2,1-5H3. The monoisotopic (exact) mass is 287 g/mol. The first kappa shape index (κ1) is 14.9. The Morgan fingerprint density at radius 3 is 2.48 bits per heavy atom. The molecular formula is C19H29NO. The van der Waals surface area contributed by atoms with Gasteiger partial charge in [0.25, 0.3) is 0 Å². The largest absolute Gasteiger partial charge is 0.491 e. The van der Waals surface area contributed by atoms with Gasteiger partial charge in [-0.3, -0.25) is 0 Å². The first-order chi connectivity index (χ1) is 9.74. The molecule has 0 aromatic heterocycles. The van der Waals surface area contributed by atoms with Gasteiger partial charge in [0, 0.05) is 11.6 Å². The molecule has 3 rings (SSSR count). The molecule has 0 saturated heterocycles. The summed E-state index contributed by atoms with van der Waals surface area (Å²) in [5.74, 6) is 1.07. The Kier molecular flexibility index (Phi) is 3.56. The van der Waals surface area contributed by atoms with E-state index in [0.29, 0.717) is 11.5 Å². The number of rotatable bonds is 4. The molecule has 1 saturated carbocycles. The maximum absolute atomic E-state index is 5.85. The van der Waals surface area contributed by atoms with Crippen LogP contribution in [0.15, 0.2) is 18.2 Å². The number of hydrogen-bond acceptors (Lipinski definition) is 2. The van der Waals surface area contributed by atoms with Gasteiger partial charge >= 0.3 is 0 Å². The van der Waals surface area contributed by atoms with E-state index in [1.807, 2.05) is 0 Å². The molecular weight excluding hydrogens is 258 g/mol. The highest BCUT2D eigenvalue weighted by atomic mass is 16.5. The molecule has 1 aromatic carbocycles. The van der Waals surface area contributed by atoms with Crippen LogP contribution in [0.5, 0.6) is 5.75 Å². The minimum absolute atomic E-state index is 0.194. The zero-order chi connectivity index (χ0) is 15.3. The number of fused-ring (bicyclic) bond motifs is 1. The molecule has 1 aromatic rings. The molecule has 116 valence electrons. The minimum Gasteiger partial charge on any atom is -0.491 e. The van der Waals surface area contributed by atoms with Gasteiger partial charge in [-0.2, -0.15) is 0 Å². The lowest BCUT2D eigenvalue weighted by Crippen LogP contribution is -2.26. The molecule has 1 heterocycles. The van der Waals surface area contributed by atoms with Gasteiger partial charge in [-0.15, -0.1) is 0 Å². The van der Waals surface area contributed by atoms with Crippen molar-refractivity contribution in [3.63, 3.8) is 0 Å². The van der Waals surface area contributed by atoms with Crippen LogP contribution < -0.4 is 10.1 Å². The molecule has 1 atom stereocenters. The fourth-order valence-electron chi connectivity index (χ4n) is 3.74. The second-order valence-electron chi connectivity index (χ2n) is 8.68. The van der Waals surface area contributed by atoms with Crippen LogP contribution in [0.3, 0.4) is 0 Å². The molecule has 0 amide bonds. The average molecular weight is 287 g/mol. The summed E-state index contributed by atoms with van der Waals surface area (Å²) >= 11 is 0. The van der Waals surface area contributed by atoms with E-state index in [1.54, 1.807) is 0 Å². The summed E-state index contributed by atoms with van der Waals surface area (Å²) in [6, 6.07) is 7.91. The molecule has 0 radical (unpaired) electrons. The van der Waals surface area contributed by atoms with Crippen molar-refractivity contribution in [2.75, 3.05) is 6.61 Å². The molecule has 21 heavy (non-hydrogen) atoms. The van der Waals surface area contributed by atoms with Gasteiger partial charge in [-0.05, 0) is 47.8 Å². The van der Waals surface area contributed by atoms with E-state index in [9.17, 15) is 0 Å². The number of benzene rings is 1. The minimum atomic E-state index is 0.194. The number of ether oxygens (including phenoxy) is 1. The van der Waals surface area contributed by atoms with Crippen LogP contribution in [0.25, 0.3) is 0 Å². The van der Waals surface area contributed by atoms with Gasteiger partial charge < -0.3 is 10.1 Å². The van der Waals surface area contributed by atoms with Crippen molar-refractivity contribution in [2.24, 2.45) is 5.41 Å². The predicted octanol–water partition coefficient (Wildman–Crippen LogP) is 4.59. The van der Waals surface area contributed by atoms with Crippen LogP contribution >= 0.6 is 0 Å². The Balaban J connectivity index is 1.84. The summed E-state index contributed by atoms with van der Waals surface area (Å²) in [6.07, 6.45) is 3.82. The highest BCUT2D eigenvalue weighted by Crippen LogP contribution is 2.41. The van der Waals surface area contributed by atoms with Crippen molar-refractivity contribution in [3.8, 4) is 5.75 Å². The van der Waals surface area contributed by atoms with E-state index >= 15 is 0 Å². The van der Waals surface area contributed by atoms with Gasteiger partial charge in [-0.1, -0.05) is 40.7 Å². The zero-order valence-corrected chi connectivity index (χ0v) is 14.1. The van der Waals surface area contributed by atoms with E-state index < -0.39 is 0 Å². The fourth-order valence-corrected chi connectivity index (χ4v) is 3.74. The lowest BCUT2D eigenvalue weighted by atomic mass is 9.72. The molecule has 2 nitrogen and oxygen atoms in total. The van der Waals surface area contributed by atoms with E-state index in [1.165, 1.54) is 30.4 Å². The van der Waals surface area contributed by atoms with Crippen molar-refractivity contribution >= 4 is 0 Å². The van der Waals surface area contributed by atoms with Crippen LogP contribution in [0, 0.1) is 5.41 Å². The van der Waals surface area contributed by atoms with Crippen LogP contribution in [-0.4, -0.2) is 12.6 Å². The molecule has 1 N–H and O–H groups in total. The molecule has 0 bridgehead atoms. The Hall–Kier alpha value is -1.02. The summed E-state index contributed by atoms with van der Waals surface area (Å²) in [7, 11) is 0. The molecule has 2 aliphatic rings. The highest BCUT2D eigenvalue weighted by molar-refractivity contribution is 5.44. The normalized spacial score (nSPS) is 22.0. The number of nitrogens with one attached hydrogen (secondary N) is 1. The van der Waals surface area contributed by atoms with Crippen molar-refractivity contribution in [2.45, 2.75) is 71.4 Å². The third-order valence-electron chi connectivity index (χ3n) is 4.56. The van der Waals surface area contributed by atoms with Gasteiger partial charge in [0.2, 0.25) is 0 Å². The van der Waals surface area contributed by atoms with Gasteiger partial charge in [0.15, 0.2) is 0 Å². The van der Waals surface area contributed by atoms with E-state index in [4.69, 9.17) is 4.74 Å². The fraction of sp³-hybridized carbons (Fsp3) is 0.684. The summed E-state index contributed by atoms with van der Waals surface area (Å²) in [6.45, 7) is 12.5. The summed E-state index contributed by atoms with van der Waals surface area (Å²) < 4.78 is 5.85. The molecule has 2 heteroatoms. The Bertz CT molecular complexity index is 523. The second-order valence-corrected chi connectivity index (χ2v) is 8.68. The SMILES string of the molecule is CC(C)(C)CC(C)(C)c1ccc2c(c1)C(NC1CC1)CO2. The van der Waals surface area contributed by atoms with Crippen molar-refractivity contribution in [1.82, 2.24) is 5.32 Å². The first-order valence-corrected chi connectivity index (χ1v) is 8.28. The quantitative estimate of drug-likeness (QED) is 0.874. The highest BCUT2D eigenvalue weighted by Gasteiger charge is 2.33. The van der Waals surface area contributed by atoms with Gasteiger partial charge in [0.05, 0.1) is 6.04 Å². The second kappa shape index (κ2) is 5.01. The van der Waals surface area contributed by atoms with Gasteiger partial charge in [0.1, 0.15) is 12.4 Å². The van der Waals surface area contributed by atoms with Crippen molar-refractivity contribution in [1.29, 1.82) is 0 Å². The Morgan fingerprint density at radius 2 is 1.86 bits per heavy atom. The zero-order valence-electron chi connectivity index (χ0n) is 14.1. The van der Waals surface area contributed by atoms with E-state index in [0.717, 1.165) is 18.4 Å². The molecule has 1 fully saturated rings. The molecule has 0 spiro atoms. The maximum Gasteiger partial charge on any atom is 0.124 e. The van der Waals surface area contributed by atoms with Crippen LogP contribution in [0.1, 0.15) is 71.0 Å². The van der Waals surface area contributed by atoms with Crippen molar-refractivity contribution < 1.29 is 4.74 Å². The topological polar surface area (TPSA) is 21.3 Å². The molecule has 1 aliphatic carbocycles. The predicted molar refractivity (Wildman–Crippen MR) is 87.9 cm³/mol. The van der Waals surface area contributed by atoms with E-state index in [2.05, 4.69) is 58.1 Å². The van der Waals surface area contributed by atoms with Gasteiger partial charge in [-0.25, -0.2) is 0 Å². The number of hydrogen-bond donors (Lipinski definition) is 1. The summed E-state index contributed by atoms with van der Waals surface area (Å²) in [4.78, 5) is 0. The molecule has 1 aliphatic heterocycles. The third-order valence-corrected chi connectivity index (χ3v) is 4.56. The maximum atomic E-state index is 5.85.